The molecule has 0 aromatic heterocycles. The van der Waals surface area contributed by atoms with Gasteiger partial charge >= 0.3 is 0 Å². The van der Waals surface area contributed by atoms with E-state index in [1.807, 2.05) is 19.1 Å². The Kier molecular flexibility index (Phi) is 7.39. The van der Waals surface area contributed by atoms with Crippen molar-refractivity contribution in [2.45, 2.75) is 19.8 Å². The first-order valence-corrected chi connectivity index (χ1v) is 3.56. The summed E-state index contributed by atoms with van der Waals surface area (Å²) in [6, 6.07) is 2.06. The molecular weight excluding hydrogens is 134 g/mol. The first kappa shape index (κ1) is 9.53. The molecule has 0 amide bonds. The highest BCUT2D eigenvalue weighted by atomic mass is 14.2. The molecule has 0 aliphatic rings. The van der Waals surface area contributed by atoms with Gasteiger partial charge in [0.1, 0.15) is 0 Å². The summed E-state index contributed by atoms with van der Waals surface area (Å²) in [4.78, 5) is 0. The van der Waals surface area contributed by atoms with E-state index in [1.165, 1.54) is 0 Å². The van der Waals surface area contributed by atoms with E-state index in [9.17, 15) is 0 Å². The molecule has 56 valence electrons. The molecule has 0 N–H and O–H groups in total. The van der Waals surface area contributed by atoms with Gasteiger partial charge in [-0.3, -0.25) is 0 Å². The molecule has 1 nitrogen and oxygen atoms in total. The Balaban J connectivity index is 3.47. The van der Waals surface area contributed by atoms with Crippen molar-refractivity contribution in [3.8, 4) is 17.9 Å². The minimum absolute atomic E-state index is 0.571. The van der Waals surface area contributed by atoms with Crippen LogP contribution in [0.25, 0.3) is 0 Å². The van der Waals surface area contributed by atoms with Gasteiger partial charge in [0.25, 0.3) is 0 Å². The molecule has 0 atom stereocenters. The molecule has 0 spiro atoms. The lowest BCUT2D eigenvalue weighted by atomic mass is 10.3. The molecule has 11 heavy (non-hydrogen) atoms. The monoisotopic (exact) mass is 145 g/mol. The first-order chi connectivity index (χ1) is 5.41. The number of allylic oxidation sites excluding steroid dienone is 4. The van der Waals surface area contributed by atoms with E-state index in [1.54, 1.807) is 12.2 Å². The molecule has 0 fully saturated rings. The van der Waals surface area contributed by atoms with Crippen molar-refractivity contribution in [3.05, 3.63) is 24.3 Å². The van der Waals surface area contributed by atoms with Crippen molar-refractivity contribution in [3.63, 3.8) is 0 Å². The quantitative estimate of drug-likeness (QED) is 0.432. The highest BCUT2D eigenvalue weighted by molar-refractivity contribution is 5.23. The third-order valence-corrected chi connectivity index (χ3v) is 0.957. The summed E-state index contributed by atoms with van der Waals surface area (Å²) in [6.45, 7) is 1.92. The molecule has 1 heteroatoms. The first-order valence-electron chi connectivity index (χ1n) is 3.56. The SMILES string of the molecule is C/C=C/C#C/C=C\CCC#N. The van der Waals surface area contributed by atoms with Gasteiger partial charge in [0.15, 0.2) is 0 Å². The minimum atomic E-state index is 0.571. The fourth-order valence-electron chi connectivity index (χ4n) is 0.470. The van der Waals surface area contributed by atoms with Crippen LogP contribution in [0.2, 0.25) is 0 Å². The average Bonchev–Trinajstić information content (AvgIpc) is 2.03. The lowest BCUT2D eigenvalue weighted by molar-refractivity contribution is 1.06. The maximum Gasteiger partial charge on any atom is 0.0625 e. The molecule has 0 saturated carbocycles. The minimum Gasteiger partial charge on any atom is -0.198 e. The Morgan fingerprint density at radius 2 is 2.00 bits per heavy atom. The van der Waals surface area contributed by atoms with E-state index < -0.39 is 0 Å². The Hall–Kier alpha value is -1.47. The van der Waals surface area contributed by atoms with Crippen molar-refractivity contribution in [1.82, 2.24) is 0 Å². The van der Waals surface area contributed by atoms with Crippen molar-refractivity contribution in [2.24, 2.45) is 0 Å². The van der Waals surface area contributed by atoms with Gasteiger partial charge in [0.2, 0.25) is 0 Å². The van der Waals surface area contributed by atoms with Crippen molar-refractivity contribution < 1.29 is 0 Å². The van der Waals surface area contributed by atoms with E-state index >= 15 is 0 Å². The van der Waals surface area contributed by atoms with E-state index in [2.05, 4.69) is 17.9 Å². The van der Waals surface area contributed by atoms with Crippen LogP contribution in [0.5, 0.6) is 0 Å². The topological polar surface area (TPSA) is 23.8 Å². The van der Waals surface area contributed by atoms with Gasteiger partial charge in [0.05, 0.1) is 6.07 Å². The Morgan fingerprint density at radius 3 is 2.64 bits per heavy atom. The van der Waals surface area contributed by atoms with Crippen molar-refractivity contribution in [1.29, 1.82) is 5.26 Å². The Bertz CT molecular complexity index is 230. The summed E-state index contributed by atoms with van der Waals surface area (Å²) in [5, 5.41) is 8.18. The zero-order valence-corrected chi connectivity index (χ0v) is 6.67. The van der Waals surface area contributed by atoms with Crippen LogP contribution in [0, 0.1) is 23.2 Å². The molecule has 0 heterocycles. The standard InChI is InChI=1S/C10H11N/c1-2-3-4-5-6-7-8-9-10-11/h2-3,6-7H,8-9H2,1H3/b3-2+,7-6-. The van der Waals surface area contributed by atoms with Crippen LogP contribution in [0.15, 0.2) is 24.3 Å². The van der Waals surface area contributed by atoms with Gasteiger partial charge in [-0.2, -0.15) is 5.26 Å². The number of rotatable bonds is 2. The lowest BCUT2D eigenvalue weighted by Crippen LogP contribution is -1.61. The molecule has 0 aliphatic heterocycles. The van der Waals surface area contributed by atoms with Gasteiger partial charge in [-0.05, 0) is 25.5 Å². The van der Waals surface area contributed by atoms with Crippen molar-refractivity contribution in [2.75, 3.05) is 0 Å². The van der Waals surface area contributed by atoms with Crippen LogP contribution in [-0.4, -0.2) is 0 Å². The molecule has 0 bridgehead atoms. The molecular formula is C10H11N. The van der Waals surface area contributed by atoms with Gasteiger partial charge in [-0.1, -0.05) is 24.0 Å². The summed E-state index contributed by atoms with van der Waals surface area (Å²) in [5.41, 5.74) is 0. The highest BCUT2D eigenvalue weighted by Crippen LogP contribution is 1.86. The summed E-state index contributed by atoms with van der Waals surface area (Å²) in [6.07, 6.45) is 8.71. The highest BCUT2D eigenvalue weighted by Gasteiger charge is 1.73. The lowest BCUT2D eigenvalue weighted by Gasteiger charge is -1.75. The second-order valence-corrected chi connectivity index (χ2v) is 1.89. The van der Waals surface area contributed by atoms with Gasteiger partial charge in [-0.25, -0.2) is 0 Å². The van der Waals surface area contributed by atoms with Gasteiger partial charge in [-0.15, -0.1) is 0 Å². The summed E-state index contributed by atoms with van der Waals surface area (Å²) < 4.78 is 0. The third-order valence-electron chi connectivity index (χ3n) is 0.957. The zero-order valence-electron chi connectivity index (χ0n) is 6.67. The van der Waals surface area contributed by atoms with Crippen LogP contribution < -0.4 is 0 Å². The normalized spacial score (nSPS) is 9.45. The predicted molar refractivity (Wildman–Crippen MR) is 46.6 cm³/mol. The van der Waals surface area contributed by atoms with Crippen LogP contribution in [0.4, 0.5) is 0 Å². The molecule has 0 aliphatic carbocycles. The summed E-state index contributed by atoms with van der Waals surface area (Å²) in [5.74, 6) is 5.63. The smallest absolute Gasteiger partial charge is 0.0625 e. The number of nitrogens with zero attached hydrogens (tertiary/aromatic N) is 1. The van der Waals surface area contributed by atoms with E-state index in [4.69, 9.17) is 5.26 Å². The van der Waals surface area contributed by atoms with Crippen LogP contribution in [-0.2, 0) is 0 Å². The second-order valence-electron chi connectivity index (χ2n) is 1.89. The fraction of sp³-hybridized carbons (Fsp3) is 0.300. The van der Waals surface area contributed by atoms with Crippen LogP contribution >= 0.6 is 0 Å². The van der Waals surface area contributed by atoms with E-state index in [0.29, 0.717) is 6.42 Å². The third kappa shape index (κ3) is 8.53. The molecule has 0 aromatic rings. The molecule has 0 unspecified atom stereocenters. The molecule has 0 radical (unpaired) electrons. The maximum atomic E-state index is 8.18. The zero-order chi connectivity index (χ0) is 8.36. The van der Waals surface area contributed by atoms with Crippen LogP contribution in [0.3, 0.4) is 0 Å². The molecule has 0 rings (SSSR count). The maximum absolute atomic E-state index is 8.18. The van der Waals surface area contributed by atoms with Crippen molar-refractivity contribution >= 4 is 0 Å². The molecule has 0 saturated heterocycles. The number of unbranched alkanes of at least 4 members (excludes halogenated alkanes) is 1. The Morgan fingerprint density at radius 1 is 1.27 bits per heavy atom. The summed E-state index contributed by atoms with van der Waals surface area (Å²) >= 11 is 0. The van der Waals surface area contributed by atoms with Crippen LogP contribution in [0.1, 0.15) is 19.8 Å². The summed E-state index contributed by atoms with van der Waals surface area (Å²) in [7, 11) is 0. The van der Waals surface area contributed by atoms with E-state index in [0.717, 1.165) is 6.42 Å². The molecule has 0 aromatic carbocycles. The largest absolute Gasteiger partial charge is 0.198 e. The van der Waals surface area contributed by atoms with Gasteiger partial charge in [0, 0.05) is 6.42 Å². The number of hydrogen-bond donors (Lipinski definition) is 0. The number of nitriles is 1. The average molecular weight is 145 g/mol. The second kappa shape index (κ2) is 8.53. The number of hydrogen-bond acceptors (Lipinski definition) is 1. The van der Waals surface area contributed by atoms with Gasteiger partial charge < -0.3 is 0 Å². The van der Waals surface area contributed by atoms with E-state index in [-0.39, 0.29) is 0 Å². The predicted octanol–water partition coefficient (Wildman–Crippen LogP) is 2.43. The Labute approximate surface area is 68.0 Å². The fourth-order valence-corrected chi connectivity index (χ4v) is 0.470.